The molecule has 1 aromatic rings. The SMILES string of the molecule is CC(C)(C)S(=O)N[C@@]1(c2ncc(Br)cn2)C[C@](C)(CO[Si](C)(C)C(C)(C)C)[C@H]1F. The summed E-state index contributed by atoms with van der Waals surface area (Å²) in [5, 5.41) is 0.0524. The number of nitrogens with one attached hydrogen (secondary N) is 1. The first-order valence-corrected chi connectivity index (χ1v) is 14.8. The molecule has 4 atom stereocenters. The van der Waals surface area contributed by atoms with Crippen LogP contribution in [-0.4, -0.2) is 40.0 Å². The van der Waals surface area contributed by atoms with Crippen molar-refractivity contribution in [2.24, 2.45) is 5.41 Å². The maximum Gasteiger partial charge on any atom is 0.192 e. The van der Waals surface area contributed by atoms with Crippen LogP contribution in [0, 0.1) is 5.41 Å². The van der Waals surface area contributed by atoms with Crippen molar-refractivity contribution in [2.75, 3.05) is 6.61 Å². The molecule has 0 amide bonds. The van der Waals surface area contributed by atoms with Gasteiger partial charge in [-0.05, 0) is 61.3 Å². The van der Waals surface area contributed by atoms with E-state index in [0.717, 1.165) is 0 Å². The first-order valence-electron chi connectivity index (χ1n) is 9.90. The molecule has 5 nitrogen and oxygen atoms in total. The number of halogens is 2. The second-order valence-corrected chi connectivity index (χ2v) is 18.6. The van der Waals surface area contributed by atoms with Gasteiger partial charge in [-0.15, -0.1) is 0 Å². The van der Waals surface area contributed by atoms with Crippen molar-refractivity contribution < 1.29 is 13.0 Å². The van der Waals surface area contributed by atoms with E-state index in [9.17, 15) is 4.21 Å². The van der Waals surface area contributed by atoms with Crippen molar-refractivity contribution in [3.8, 4) is 0 Å². The molecule has 1 N–H and O–H groups in total. The fraction of sp³-hybridized carbons (Fsp3) is 0.800. The lowest BCUT2D eigenvalue weighted by molar-refractivity contribution is -0.115. The molecule has 0 aromatic carbocycles. The molecule has 1 aromatic heterocycles. The standard InChI is InChI=1S/C20H35BrFN3O2SSi/c1-17(2,3)28(26)25-20(16-23-10-14(21)11-24-16)12-19(7,15(20)22)13-27-29(8,9)18(4,5)6/h10-11,15,25H,12-13H2,1-9H3/t15-,19-,20+,28?/m1/s1. The molecule has 0 spiro atoms. The highest BCUT2D eigenvalue weighted by atomic mass is 79.9. The van der Waals surface area contributed by atoms with Crippen molar-refractivity contribution in [1.82, 2.24) is 14.7 Å². The van der Waals surface area contributed by atoms with Gasteiger partial charge in [0, 0.05) is 24.4 Å². The van der Waals surface area contributed by atoms with Gasteiger partial charge in [0.2, 0.25) is 0 Å². The van der Waals surface area contributed by atoms with E-state index in [1.165, 1.54) is 0 Å². The number of hydrogen-bond donors (Lipinski definition) is 1. The van der Waals surface area contributed by atoms with E-state index in [-0.39, 0.29) is 5.04 Å². The van der Waals surface area contributed by atoms with Crippen LogP contribution in [0.5, 0.6) is 0 Å². The molecule has 1 aliphatic carbocycles. The third-order valence-electron chi connectivity index (χ3n) is 6.15. The zero-order valence-corrected chi connectivity index (χ0v) is 22.4. The Morgan fingerprint density at radius 3 is 2.21 bits per heavy atom. The summed E-state index contributed by atoms with van der Waals surface area (Å²) in [6.07, 6.45) is 2.28. The molecule has 1 heterocycles. The summed E-state index contributed by atoms with van der Waals surface area (Å²) < 4.78 is 38.4. The molecule has 0 saturated heterocycles. The van der Waals surface area contributed by atoms with Crippen LogP contribution in [0.1, 0.15) is 60.7 Å². The lowest BCUT2D eigenvalue weighted by atomic mass is 9.57. The fourth-order valence-electron chi connectivity index (χ4n) is 3.15. The third kappa shape index (κ3) is 5.00. The first-order chi connectivity index (χ1) is 12.9. The van der Waals surface area contributed by atoms with E-state index in [4.69, 9.17) is 4.43 Å². The van der Waals surface area contributed by atoms with Crippen LogP contribution in [0.15, 0.2) is 16.9 Å². The van der Waals surface area contributed by atoms with E-state index in [1.54, 1.807) is 12.4 Å². The highest BCUT2D eigenvalue weighted by Gasteiger charge is 2.66. The van der Waals surface area contributed by atoms with Crippen molar-refractivity contribution in [2.45, 2.75) is 89.5 Å². The fourth-order valence-corrected chi connectivity index (χ4v) is 5.39. The Morgan fingerprint density at radius 1 is 1.28 bits per heavy atom. The summed E-state index contributed by atoms with van der Waals surface area (Å²) in [4.78, 5) is 8.69. The summed E-state index contributed by atoms with van der Waals surface area (Å²) in [6, 6.07) is 0. The van der Waals surface area contributed by atoms with Crippen LogP contribution in [0.2, 0.25) is 18.1 Å². The normalized spacial score (nSPS) is 29.4. The zero-order chi connectivity index (χ0) is 22.5. The van der Waals surface area contributed by atoms with E-state index in [0.29, 0.717) is 23.3 Å². The Hall–Kier alpha value is -0.223. The Kier molecular flexibility index (Phi) is 6.94. The van der Waals surface area contributed by atoms with E-state index < -0.39 is 41.2 Å². The molecular formula is C20H35BrFN3O2SSi. The smallest absolute Gasteiger partial charge is 0.192 e. The molecule has 9 heteroatoms. The average Bonchev–Trinajstić information content (AvgIpc) is 2.58. The molecule has 2 rings (SSSR count). The maximum atomic E-state index is 15.9. The Labute approximate surface area is 186 Å². The second kappa shape index (κ2) is 8.04. The van der Waals surface area contributed by atoms with E-state index in [2.05, 4.69) is 64.5 Å². The lowest BCUT2D eigenvalue weighted by Crippen LogP contribution is -2.70. The van der Waals surface area contributed by atoms with Crippen LogP contribution in [0.4, 0.5) is 4.39 Å². The van der Waals surface area contributed by atoms with Crippen molar-refractivity contribution in [3.63, 3.8) is 0 Å². The largest absolute Gasteiger partial charge is 0.416 e. The van der Waals surface area contributed by atoms with Gasteiger partial charge < -0.3 is 4.43 Å². The molecule has 1 saturated carbocycles. The van der Waals surface area contributed by atoms with Crippen molar-refractivity contribution >= 4 is 35.2 Å². The Balaban J connectivity index is 2.31. The summed E-state index contributed by atoms with van der Waals surface area (Å²) in [5.74, 6) is 0.329. The molecule has 1 unspecified atom stereocenters. The summed E-state index contributed by atoms with van der Waals surface area (Å²) in [7, 11) is -3.47. The number of alkyl halides is 1. The summed E-state index contributed by atoms with van der Waals surface area (Å²) in [6.45, 7) is 18.6. The van der Waals surface area contributed by atoms with Crippen LogP contribution in [-0.2, 0) is 21.0 Å². The minimum atomic E-state index is -2.01. The van der Waals surface area contributed by atoms with Gasteiger partial charge >= 0.3 is 0 Å². The number of aromatic nitrogens is 2. The maximum absolute atomic E-state index is 15.9. The minimum absolute atomic E-state index is 0.0524. The van der Waals surface area contributed by atoms with Gasteiger partial charge in [0.15, 0.2) is 14.1 Å². The molecular weight excluding hydrogens is 473 g/mol. The summed E-state index contributed by atoms with van der Waals surface area (Å²) >= 11 is 3.32. The second-order valence-electron chi connectivity index (χ2n) is 10.9. The van der Waals surface area contributed by atoms with Gasteiger partial charge in [-0.25, -0.2) is 23.3 Å². The molecule has 166 valence electrons. The topological polar surface area (TPSA) is 64.1 Å². The van der Waals surface area contributed by atoms with Crippen LogP contribution < -0.4 is 4.72 Å². The van der Waals surface area contributed by atoms with Gasteiger partial charge in [-0.1, -0.05) is 27.7 Å². The Morgan fingerprint density at radius 2 is 1.79 bits per heavy atom. The van der Waals surface area contributed by atoms with Gasteiger partial charge in [0.05, 0.1) is 20.2 Å². The van der Waals surface area contributed by atoms with Gasteiger partial charge in [-0.3, -0.25) is 0 Å². The number of nitrogens with zero attached hydrogens (tertiary/aromatic N) is 2. The van der Waals surface area contributed by atoms with Crippen molar-refractivity contribution in [3.05, 3.63) is 22.7 Å². The predicted octanol–water partition coefficient (Wildman–Crippen LogP) is 5.26. The predicted molar refractivity (Wildman–Crippen MR) is 123 cm³/mol. The van der Waals surface area contributed by atoms with E-state index in [1.807, 2.05) is 27.7 Å². The zero-order valence-electron chi connectivity index (χ0n) is 19.0. The molecule has 0 aliphatic heterocycles. The van der Waals surface area contributed by atoms with E-state index >= 15 is 4.39 Å². The first kappa shape index (κ1) is 25.0. The number of hydrogen-bond acceptors (Lipinski definition) is 4. The van der Waals surface area contributed by atoms with Gasteiger partial charge in [-0.2, -0.15) is 0 Å². The molecule has 1 aliphatic rings. The van der Waals surface area contributed by atoms with Crippen LogP contribution in [0.25, 0.3) is 0 Å². The molecule has 29 heavy (non-hydrogen) atoms. The highest BCUT2D eigenvalue weighted by Crippen LogP contribution is 2.56. The summed E-state index contributed by atoms with van der Waals surface area (Å²) in [5.41, 5.74) is -1.88. The number of rotatable bonds is 6. The van der Waals surface area contributed by atoms with Crippen molar-refractivity contribution in [1.29, 1.82) is 0 Å². The molecule has 1 fully saturated rings. The lowest BCUT2D eigenvalue weighted by Gasteiger charge is -2.57. The quantitative estimate of drug-likeness (QED) is 0.533. The van der Waals surface area contributed by atoms with Gasteiger partial charge in [0.25, 0.3) is 0 Å². The van der Waals surface area contributed by atoms with Crippen LogP contribution in [0.3, 0.4) is 0 Å². The molecule has 0 radical (unpaired) electrons. The molecule has 0 bridgehead atoms. The third-order valence-corrected chi connectivity index (χ3v) is 12.7. The van der Waals surface area contributed by atoms with Crippen LogP contribution >= 0.6 is 15.9 Å². The minimum Gasteiger partial charge on any atom is -0.416 e. The Bertz CT molecular complexity index is 766. The average molecular weight is 509 g/mol. The van der Waals surface area contributed by atoms with Gasteiger partial charge in [0.1, 0.15) is 11.7 Å². The monoisotopic (exact) mass is 507 g/mol. The highest BCUT2D eigenvalue weighted by molar-refractivity contribution is 9.10.